The van der Waals surface area contributed by atoms with Gasteiger partial charge < -0.3 is 9.84 Å². The van der Waals surface area contributed by atoms with Crippen LogP contribution in [0, 0.1) is 0 Å². The molecule has 1 aromatic heterocycles. The van der Waals surface area contributed by atoms with Crippen molar-refractivity contribution in [2.45, 2.75) is 6.36 Å². The first-order valence-electron chi connectivity index (χ1n) is 7.31. The average Bonchev–Trinajstić information content (AvgIpc) is 2.92. The van der Waals surface area contributed by atoms with Gasteiger partial charge in [0.25, 0.3) is 0 Å². The molecule has 0 atom stereocenters. The molecule has 3 rings (SSSR count). The first-order valence-corrected chi connectivity index (χ1v) is 8.13. The molecule has 0 unspecified atom stereocenters. The normalized spacial score (nSPS) is 11.3. The summed E-state index contributed by atoms with van der Waals surface area (Å²) in [6.45, 7) is 3.87. The van der Waals surface area contributed by atoms with Crippen molar-refractivity contribution in [3.63, 3.8) is 0 Å². The Kier molecular flexibility index (Phi) is 4.60. The van der Waals surface area contributed by atoms with Crippen molar-refractivity contribution in [2.24, 2.45) is 0 Å². The number of halogens is 3. The molecule has 0 fully saturated rings. The Balaban J connectivity index is 2.02. The van der Waals surface area contributed by atoms with Crippen molar-refractivity contribution in [1.29, 1.82) is 0 Å². The van der Waals surface area contributed by atoms with E-state index in [2.05, 4.69) is 16.3 Å². The molecule has 0 aliphatic heterocycles. The molecule has 1 heterocycles. The fourth-order valence-corrected chi connectivity index (χ4v) is 3.17. The average molecular weight is 379 g/mol. The number of nitrogens with one attached hydrogen (secondary N) is 1. The summed E-state index contributed by atoms with van der Waals surface area (Å²) in [5, 5.41) is 9.77. The Labute approximate surface area is 149 Å². The number of alkyl halides is 3. The Morgan fingerprint density at radius 3 is 2.54 bits per heavy atom. The number of aromatic hydroxyl groups is 1. The molecular formula is C18H12F3NO3S. The van der Waals surface area contributed by atoms with Crippen LogP contribution in [0.2, 0.25) is 0 Å². The number of rotatable bonds is 4. The van der Waals surface area contributed by atoms with Gasteiger partial charge in [-0.2, -0.15) is 0 Å². The maximum absolute atomic E-state index is 12.6. The lowest BCUT2D eigenvalue weighted by Gasteiger charge is -2.14. The molecule has 0 radical (unpaired) electrons. The van der Waals surface area contributed by atoms with Gasteiger partial charge in [-0.1, -0.05) is 54.3 Å². The molecule has 0 spiro atoms. The molecular weight excluding hydrogens is 367 g/mol. The zero-order valence-corrected chi connectivity index (χ0v) is 13.9. The van der Waals surface area contributed by atoms with Crippen molar-refractivity contribution in [3.05, 3.63) is 75.2 Å². The maximum atomic E-state index is 12.6. The van der Waals surface area contributed by atoms with Crippen LogP contribution in [0.25, 0.3) is 16.7 Å². The van der Waals surface area contributed by atoms with Crippen LogP contribution in [0.1, 0.15) is 10.4 Å². The summed E-state index contributed by atoms with van der Waals surface area (Å²) < 4.78 is 41.9. The van der Waals surface area contributed by atoms with Crippen LogP contribution in [0.3, 0.4) is 0 Å². The highest BCUT2D eigenvalue weighted by Gasteiger charge is 2.32. The van der Waals surface area contributed by atoms with Gasteiger partial charge in [0, 0.05) is 5.56 Å². The monoisotopic (exact) mass is 379 g/mol. The summed E-state index contributed by atoms with van der Waals surface area (Å²) in [6, 6.07) is 12.4. The van der Waals surface area contributed by atoms with E-state index >= 15 is 0 Å². The van der Waals surface area contributed by atoms with E-state index in [0.717, 1.165) is 11.3 Å². The lowest BCUT2D eigenvalue weighted by Crippen LogP contribution is -2.17. The van der Waals surface area contributed by atoms with Gasteiger partial charge in [-0.25, -0.2) is 0 Å². The maximum Gasteiger partial charge on any atom is 0.573 e. The minimum Gasteiger partial charge on any atom is -0.493 e. The molecule has 0 aliphatic carbocycles. The number of hydrogen-bond acceptors (Lipinski definition) is 4. The number of aromatic amines is 1. The van der Waals surface area contributed by atoms with Gasteiger partial charge in [-0.05, 0) is 28.8 Å². The highest BCUT2D eigenvalue weighted by Crippen LogP contribution is 2.36. The van der Waals surface area contributed by atoms with Gasteiger partial charge in [0.05, 0.1) is 4.88 Å². The Morgan fingerprint density at radius 2 is 1.88 bits per heavy atom. The molecule has 8 heteroatoms. The highest BCUT2D eigenvalue weighted by atomic mass is 32.1. The molecule has 2 N–H and O–H groups in total. The zero-order chi connectivity index (χ0) is 18.9. The number of aromatic nitrogens is 1. The molecule has 0 bridgehead atoms. The van der Waals surface area contributed by atoms with Gasteiger partial charge in [0.15, 0.2) is 0 Å². The standard InChI is InChI=1S/C18H12F3NO3S/c1-10(15-16(23)22-17(24)26-15)11-5-4-6-12(9-11)13-7-2-3-8-14(13)25-18(19,20)21/h2-9,23H,1H2,(H,22,24). The fourth-order valence-electron chi connectivity index (χ4n) is 2.45. The number of hydrogen-bond donors (Lipinski definition) is 2. The minimum atomic E-state index is -4.81. The minimum absolute atomic E-state index is 0.256. The lowest BCUT2D eigenvalue weighted by molar-refractivity contribution is -0.274. The number of thiazole rings is 1. The van der Waals surface area contributed by atoms with Gasteiger partial charge >= 0.3 is 11.2 Å². The molecule has 26 heavy (non-hydrogen) atoms. The van der Waals surface area contributed by atoms with Crippen molar-refractivity contribution >= 4 is 16.9 Å². The zero-order valence-electron chi connectivity index (χ0n) is 13.1. The van der Waals surface area contributed by atoms with Crippen molar-refractivity contribution in [2.75, 3.05) is 0 Å². The first kappa shape index (κ1) is 17.8. The fraction of sp³-hybridized carbons (Fsp3) is 0.0556. The molecule has 0 saturated carbocycles. The van der Waals surface area contributed by atoms with Crippen LogP contribution in [-0.4, -0.2) is 16.5 Å². The van der Waals surface area contributed by atoms with Gasteiger partial charge in [0.2, 0.25) is 5.88 Å². The van der Waals surface area contributed by atoms with Gasteiger partial charge in [0.1, 0.15) is 5.75 Å². The SMILES string of the molecule is C=C(c1cccc(-c2ccccc2OC(F)(F)F)c1)c1sc(=O)[nH]c1O. The second kappa shape index (κ2) is 6.72. The predicted molar refractivity (Wildman–Crippen MR) is 93.3 cm³/mol. The summed E-state index contributed by atoms with van der Waals surface area (Å²) in [6.07, 6.45) is -4.81. The van der Waals surface area contributed by atoms with E-state index in [1.54, 1.807) is 30.3 Å². The topological polar surface area (TPSA) is 62.3 Å². The van der Waals surface area contributed by atoms with E-state index in [-0.39, 0.29) is 22.1 Å². The second-order valence-electron chi connectivity index (χ2n) is 5.30. The Bertz CT molecular complexity index is 1020. The number of ether oxygens (including phenoxy) is 1. The van der Waals surface area contributed by atoms with Crippen LogP contribution >= 0.6 is 11.3 Å². The molecule has 0 aliphatic rings. The molecule has 134 valence electrons. The summed E-state index contributed by atoms with van der Waals surface area (Å²) in [5.74, 6) is -0.617. The summed E-state index contributed by atoms with van der Waals surface area (Å²) in [4.78, 5) is 13.4. The molecule has 4 nitrogen and oxygen atoms in total. The van der Waals surface area contributed by atoms with Gasteiger partial charge in [-0.15, -0.1) is 13.2 Å². The molecule has 0 amide bonds. The predicted octanol–water partition coefficient (Wildman–Crippen LogP) is 4.77. The van der Waals surface area contributed by atoms with E-state index in [0.29, 0.717) is 16.7 Å². The van der Waals surface area contributed by atoms with Crippen molar-refractivity contribution in [1.82, 2.24) is 4.98 Å². The van der Waals surface area contributed by atoms with E-state index in [9.17, 15) is 23.1 Å². The van der Waals surface area contributed by atoms with Gasteiger partial charge in [-0.3, -0.25) is 9.78 Å². The Hall–Kier alpha value is -3.00. The van der Waals surface area contributed by atoms with Crippen LogP contribution in [0.15, 0.2) is 59.9 Å². The summed E-state index contributed by atoms with van der Waals surface area (Å²) in [5.41, 5.74) is 1.66. The number of benzene rings is 2. The smallest absolute Gasteiger partial charge is 0.493 e. The third kappa shape index (κ3) is 3.80. The molecule has 0 saturated heterocycles. The van der Waals surface area contributed by atoms with Crippen molar-refractivity contribution < 1.29 is 23.0 Å². The summed E-state index contributed by atoms with van der Waals surface area (Å²) in [7, 11) is 0. The molecule has 3 aromatic rings. The highest BCUT2D eigenvalue weighted by molar-refractivity contribution is 7.10. The lowest BCUT2D eigenvalue weighted by atomic mass is 9.98. The van der Waals surface area contributed by atoms with Crippen molar-refractivity contribution in [3.8, 4) is 22.8 Å². The number of H-pyrrole nitrogens is 1. The third-order valence-corrected chi connectivity index (χ3v) is 4.47. The van der Waals surface area contributed by atoms with E-state index in [1.807, 2.05) is 0 Å². The van der Waals surface area contributed by atoms with Crippen LogP contribution < -0.4 is 9.61 Å². The first-order chi connectivity index (χ1) is 12.2. The van der Waals surface area contributed by atoms with E-state index in [4.69, 9.17) is 0 Å². The van der Waals surface area contributed by atoms with Crippen LogP contribution in [0.5, 0.6) is 11.6 Å². The quantitative estimate of drug-likeness (QED) is 0.686. The largest absolute Gasteiger partial charge is 0.573 e. The van der Waals surface area contributed by atoms with Crippen LogP contribution in [-0.2, 0) is 0 Å². The molecule has 2 aromatic carbocycles. The summed E-state index contributed by atoms with van der Waals surface area (Å²) >= 11 is 0.796. The number of para-hydroxylation sites is 1. The third-order valence-electron chi connectivity index (χ3n) is 3.54. The van der Waals surface area contributed by atoms with E-state index < -0.39 is 11.2 Å². The Morgan fingerprint density at radius 1 is 1.15 bits per heavy atom. The van der Waals surface area contributed by atoms with E-state index in [1.165, 1.54) is 18.2 Å². The van der Waals surface area contributed by atoms with Crippen LogP contribution in [0.4, 0.5) is 13.2 Å². The second-order valence-corrected chi connectivity index (χ2v) is 6.28.